The minimum Gasteiger partial charge on any atom is -0.346 e. The van der Waals surface area contributed by atoms with Crippen molar-refractivity contribution in [2.75, 3.05) is 13.1 Å². The van der Waals surface area contributed by atoms with E-state index in [0.717, 1.165) is 23.2 Å². The number of nitrogens with zero attached hydrogens (tertiary/aromatic N) is 5. The Bertz CT molecular complexity index is 1020. The molecule has 0 bridgehead atoms. The van der Waals surface area contributed by atoms with E-state index in [1.165, 1.54) is 0 Å². The summed E-state index contributed by atoms with van der Waals surface area (Å²) < 4.78 is 1.78. The quantitative estimate of drug-likeness (QED) is 0.733. The molecule has 3 aromatic heterocycles. The highest BCUT2D eigenvalue weighted by molar-refractivity contribution is 5.93. The predicted molar refractivity (Wildman–Crippen MR) is 96.2 cm³/mol. The van der Waals surface area contributed by atoms with Gasteiger partial charge in [0.25, 0.3) is 5.91 Å². The van der Waals surface area contributed by atoms with Crippen molar-refractivity contribution in [1.29, 1.82) is 5.26 Å². The van der Waals surface area contributed by atoms with Gasteiger partial charge in [0.1, 0.15) is 11.3 Å². The van der Waals surface area contributed by atoms with Gasteiger partial charge < -0.3 is 10.2 Å². The number of amides is 1. The molecule has 26 heavy (non-hydrogen) atoms. The highest BCUT2D eigenvalue weighted by atomic mass is 16.2. The molecule has 0 radical (unpaired) electrons. The number of fused-ring (bicyclic) bond motifs is 1. The average Bonchev–Trinajstić information content (AvgIpc) is 3.27. The normalized spacial score (nSPS) is 16.6. The summed E-state index contributed by atoms with van der Waals surface area (Å²) in [6.07, 6.45) is 8.13. The lowest BCUT2D eigenvalue weighted by atomic mass is 10.1. The third kappa shape index (κ3) is 2.97. The molecule has 1 amide bonds. The van der Waals surface area contributed by atoms with E-state index in [2.05, 4.69) is 21.5 Å². The van der Waals surface area contributed by atoms with E-state index >= 15 is 0 Å². The standard InChI is InChI=1S/C19H18N6O/c1-13-8-14(2-5-21-13)15-3-7-25-17(10-22-18(25)9-15)19(26)23-16-4-6-24(11-16)12-20/h2-3,5,7-10,16H,4,6,11H2,1H3,(H,23,26)/t16-/m1/s1. The minimum absolute atomic E-state index is 0.00762. The van der Waals surface area contributed by atoms with Gasteiger partial charge in [-0.1, -0.05) is 0 Å². The van der Waals surface area contributed by atoms with Crippen LogP contribution in [0.5, 0.6) is 0 Å². The Morgan fingerprint density at radius 1 is 1.31 bits per heavy atom. The SMILES string of the molecule is Cc1cc(-c2ccn3c(C(=O)N[C@@H]4CCN(C#N)C4)cnc3c2)ccn1. The highest BCUT2D eigenvalue weighted by Gasteiger charge is 2.24. The van der Waals surface area contributed by atoms with Crippen molar-refractivity contribution in [1.82, 2.24) is 24.6 Å². The molecule has 1 aliphatic heterocycles. The number of nitriles is 1. The van der Waals surface area contributed by atoms with E-state index in [4.69, 9.17) is 5.26 Å². The van der Waals surface area contributed by atoms with Gasteiger partial charge in [0.15, 0.2) is 6.19 Å². The van der Waals surface area contributed by atoms with Crippen LogP contribution in [0, 0.1) is 18.4 Å². The summed E-state index contributed by atoms with van der Waals surface area (Å²) >= 11 is 0. The molecule has 1 atom stereocenters. The van der Waals surface area contributed by atoms with E-state index < -0.39 is 0 Å². The first kappa shape index (κ1) is 16.1. The molecule has 0 aromatic carbocycles. The number of hydrogen-bond donors (Lipinski definition) is 1. The summed E-state index contributed by atoms with van der Waals surface area (Å²) in [6.45, 7) is 3.20. The first-order chi connectivity index (χ1) is 12.6. The van der Waals surface area contributed by atoms with Crippen LogP contribution in [-0.2, 0) is 0 Å². The maximum Gasteiger partial charge on any atom is 0.270 e. The van der Waals surface area contributed by atoms with Gasteiger partial charge >= 0.3 is 0 Å². The van der Waals surface area contributed by atoms with Crippen molar-refractivity contribution < 1.29 is 4.79 Å². The second-order valence-corrected chi connectivity index (χ2v) is 6.48. The van der Waals surface area contributed by atoms with Crippen LogP contribution in [0.15, 0.2) is 42.9 Å². The monoisotopic (exact) mass is 346 g/mol. The number of carbonyl (C=O) groups is 1. The van der Waals surface area contributed by atoms with E-state index in [0.29, 0.717) is 24.4 Å². The molecule has 0 aliphatic carbocycles. The van der Waals surface area contributed by atoms with Gasteiger partial charge in [0.05, 0.1) is 6.20 Å². The third-order valence-corrected chi connectivity index (χ3v) is 4.64. The van der Waals surface area contributed by atoms with Gasteiger partial charge in [-0.15, -0.1) is 0 Å². The Hall–Kier alpha value is -3.40. The summed E-state index contributed by atoms with van der Waals surface area (Å²) in [5.41, 5.74) is 4.26. The van der Waals surface area contributed by atoms with Crippen molar-refractivity contribution in [3.63, 3.8) is 0 Å². The van der Waals surface area contributed by atoms with Crippen LogP contribution in [0.3, 0.4) is 0 Å². The van der Waals surface area contributed by atoms with Crippen molar-refractivity contribution in [2.24, 2.45) is 0 Å². The molecule has 0 unspecified atom stereocenters. The lowest BCUT2D eigenvalue weighted by Gasteiger charge is -2.12. The summed E-state index contributed by atoms with van der Waals surface area (Å²) in [7, 11) is 0. The van der Waals surface area contributed by atoms with Gasteiger partial charge in [-0.3, -0.25) is 14.2 Å². The fraction of sp³-hybridized carbons (Fsp3) is 0.263. The first-order valence-electron chi connectivity index (χ1n) is 8.50. The Morgan fingerprint density at radius 3 is 2.92 bits per heavy atom. The molecular formula is C19H18N6O. The molecule has 4 heterocycles. The van der Waals surface area contributed by atoms with Crippen LogP contribution in [-0.4, -0.2) is 44.3 Å². The Morgan fingerprint density at radius 2 is 2.15 bits per heavy atom. The molecular weight excluding hydrogens is 328 g/mol. The fourth-order valence-corrected chi connectivity index (χ4v) is 3.28. The molecule has 7 heteroatoms. The summed E-state index contributed by atoms with van der Waals surface area (Å²) in [5.74, 6) is -0.171. The lowest BCUT2D eigenvalue weighted by molar-refractivity contribution is 0.0933. The second kappa shape index (κ2) is 6.48. The zero-order valence-corrected chi connectivity index (χ0v) is 14.4. The Balaban J connectivity index is 1.58. The van der Waals surface area contributed by atoms with Crippen molar-refractivity contribution in [2.45, 2.75) is 19.4 Å². The third-order valence-electron chi connectivity index (χ3n) is 4.64. The molecule has 4 rings (SSSR count). The Labute approximate surface area is 150 Å². The summed E-state index contributed by atoms with van der Waals surface area (Å²) in [5, 5.41) is 11.9. The maximum absolute atomic E-state index is 12.6. The van der Waals surface area contributed by atoms with Gasteiger partial charge in [-0.05, 0) is 48.7 Å². The van der Waals surface area contributed by atoms with Crippen LogP contribution >= 0.6 is 0 Å². The predicted octanol–water partition coefficient (Wildman–Crippen LogP) is 1.99. The maximum atomic E-state index is 12.6. The van der Waals surface area contributed by atoms with Crippen molar-refractivity contribution >= 4 is 11.6 Å². The van der Waals surface area contributed by atoms with E-state index in [-0.39, 0.29) is 11.9 Å². The Kier molecular flexibility index (Phi) is 4.01. The number of imidazole rings is 1. The number of rotatable bonds is 3. The van der Waals surface area contributed by atoms with Crippen LogP contribution in [0.25, 0.3) is 16.8 Å². The minimum atomic E-state index is -0.171. The zero-order chi connectivity index (χ0) is 18.1. The zero-order valence-electron chi connectivity index (χ0n) is 14.4. The highest BCUT2D eigenvalue weighted by Crippen LogP contribution is 2.21. The molecule has 1 fully saturated rings. The van der Waals surface area contributed by atoms with Gasteiger partial charge in [-0.25, -0.2) is 4.98 Å². The largest absolute Gasteiger partial charge is 0.346 e. The van der Waals surface area contributed by atoms with Crippen molar-refractivity contribution in [3.8, 4) is 17.3 Å². The number of aromatic nitrogens is 3. The van der Waals surface area contributed by atoms with E-state index in [1.54, 1.807) is 21.7 Å². The molecule has 7 nitrogen and oxygen atoms in total. The smallest absolute Gasteiger partial charge is 0.270 e. The van der Waals surface area contributed by atoms with Crippen LogP contribution in [0.2, 0.25) is 0 Å². The fourth-order valence-electron chi connectivity index (χ4n) is 3.28. The van der Waals surface area contributed by atoms with E-state index in [1.807, 2.05) is 37.4 Å². The number of likely N-dealkylation sites (tertiary alicyclic amines) is 1. The molecule has 3 aromatic rings. The lowest BCUT2D eigenvalue weighted by Crippen LogP contribution is -2.36. The van der Waals surface area contributed by atoms with E-state index in [9.17, 15) is 4.79 Å². The molecule has 0 spiro atoms. The molecule has 130 valence electrons. The molecule has 0 saturated carbocycles. The number of hydrogen-bond acceptors (Lipinski definition) is 5. The molecule has 1 saturated heterocycles. The van der Waals surface area contributed by atoms with Gasteiger partial charge in [0.2, 0.25) is 0 Å². The number of carbonyl (C=O) groups excluding carboxylic acids is 1. The number of pyridine rings is 2. The number of aryl methyl sites for hydroxylation is 1. The molecule has 1 N–H and O–H groups in total. The van der Waals surface area contributed by atoms with Crippen LogP contribution < -0.4 is 5.32 Å². The summed E-state index contributed by atoms with van der Waals surface area (Å²) in [4.78, 5) is 22.8. The topological polar surface area (TPSA) is 86.3 Å². The average molecular weight is 346 g/mol. The summed E-state index contributed by atoms with van der Waals surface area (Å²) in [6, 6.07) is 7.89. The van der Waals surface area contributed by atoms with Crippen molar-refractivity contribution in [3.05, 3.63) is 54.2 Å². The number of nitrogens with one attached hydrogen (secondary N) is 1. The first-order valence-corrected chi connectivity index (χ1v) is 8.50. The second-order valence-electron chi connectivity index (χ2n) is 6.48. The molecule has 1 aliphatic rings. The van der Waals surface area contributed by atoms with Crippen LogP contribution in [0.4, 0.5) is 0 Å². The van der Waals surface area contributed by atoms with Crippen LogP contribution in [0.1, 0.15) is 22.6 Å². The van der Waals surface area contributed by atoms with Gasteiger partial charge in [-0.2, -0.15) is 5.26 Å². The van der Waals surface area contributed by atoms with Gasteiger partial charge in [0, 0.05) is 37.2 Å².